The molecule has 0 spiro atoms. The summed E-state index contributed by atoms with van der Waals surface area (Å²) in [7, 11) is 0. The molecule has 0 aromatic heterocycles. The molecule has 2 atom stereocenters. The van der Waals surface area contributed by atoms with Crippen LogP contribution in [0.15, 0.2) is 35.5 Å². The van der Waals surface area contributed by atoms with Gasteiger partial charge in [-0.05, 0) is 56.6 Å². The van der Waals surface area contributed by atoms with E-state index in [1.54, 1.807) is 6.07 Å². The minimum atomic E-state index is -0.302. The van der Waals surface area contributed by atoms with E-state index in [0.29, 0.717) is 12.2 Å². The summed E-state index contributed by atoms with van der Waals surface area (Å²) in [5.41, 5.74) is 2.80. The third kappa shape index (κ3) is 6.79. The van der Waals surface area contributed by atoms with Crippen molar-refractivity contribution in [2.75, 3.05) is 5.75 Å². The highest BCUT2D eigenvalue weighted by atomic mass is 32.1. The van der Waals surface area contributed by atoms with Gasteiger partial charge in [0.25, 0.3) is 0 Å². The lowest BCUT2D eigenvalue weighted by atomic mass is 9.73. The van der Waals surface area contributed by atoms with E-state index in [0.717, 1.165) is 32.1 Å². The predicted molar refractivity (Wildman–Crippen MR) is 100 cm³/mol. The summed E-state index contributed by atoms with van der Waals surface area (Å²) in [5.74, 6) is 0.141. The fourth-order valence-corrected chi connectivity index (χ4v) is 3.38. The van der Waals surface area contributed by atoms with Crippen molar-refractivity contribution in [3.05, 3.63) is 35.5 Å². The Bertz CT molecular complexity index is 538. The number of carbonyl (C=O) groups is 1. The molecule has 0 saturated carbocycles. The van der Waals surface area contributed by atoms with Crippen LogP contribution in [0.5, 0.6) is 0 Å². The number of allylic oxidation sites excluding steroid dienone is 6. The first-order valence-corrected chi connectivity index (χ1v) is 9.16. The summed E-state index contributed by atoms with van der Waals surface area (Å²) in [6, 6.07) is 1.79. The molecule has 3 heteroatoms. The number of Topliss-reactive ketones (excluding diaryl/α,β-unsaturated/α-hetero) is 1. The maximum atomic E-state index is 11.8. The number of rotatable bonds is 9. The van der Waals surface area contributed by atoms with Crippen LogP contribution < -0.4 is 0 Å². The molecule has 1 aliphatic rings. The van der Waals surface area contributed by atoms with Gasteiger partial charge in [-0.1, -0.05) is 49.3 Å². The molecule has 23 heavy (non-hydrogen) atoms. The van der Waals surface area contributed by atoms with Gasteiger partial charge in [0.15, 0.2) is 0 Å². The van der Waals surface area contributed by atoms with Crippen molar-refractivity contribution in [2.45, 2.75) is 59.3 Å². The molecule has 0 amide bonds. The van der Waals surface area contributed by atoms with E-state index in [4.69, 9.17) is 5.26 Å². The van der Waals surface area contributed by atoms with Gasteiger partial charge < -0.3 is 0 Å². The SMILES string of the molecule is CC/C=C(/C)CCC1=CCC(C)(CC(CCS)C(=O)C#N)C=C1. The summed E-state index contributed by atoms with van der Waals surface area (Å²) in [4.78, 5) is 11.8. The van der Waals surface area contributed by atoms with Gasteiger partial charge in [-0.25, -0.2) is 0 Å². The van der Waals surface area contributed by atoms with Gasteiger partial charge in [-0.3, -0.25) is 4.79 Å². The normalized spacial score (nSPS) is 22.4. The van der Waals surface area contributed by atoms with Crippen molar-refractivity contribution in [3.8, 4) is 6.07 Å². The Labute approximate surface area is 146 Å². The minimum Gasteiger partial charge on any atom is -0.282 e. The highest BCUT2D eigenvalue weighted by molar-refractivity contribution is 7.80. The second-order valence-corrected chi connectivity index (χ2v) is 7.27. The highest BCUT2D eigenvalue weighted by Crippen LogP contribution is 2.37. The molecule has 0 heterocycles. The van der Waals surface area contributed by atoms with E-state index < -0.39 is 0 Å². The first-order valence-electron chi connectivity index (χ1n) is 8.52. The second-order valence-electron chi connectivity index (χ2n) is 6.82. The van der Waals surface area contributed by atoms with Crippen LogP contribution in [0.25, 0.3) is 0 Å². The minimum absolute atomic E-state index is 0.0298. The first kappa shape index (κ1) is 19.8. The molecule has 126 valence electrons. The number of hydrogen-bond acceptors (Lipinski definition) is 3. The number of hydrogen-bond donors (Lipinski definition) is 1. The Morgan fingerprint density at radius 3 is 2.83 bits per heavy atom. The van der Waals surface area contributed by atoms with E-state index >= 15 is 0 Å². The van der Waals surface area contributed by atoms with Gasteiger partial charge in [0.2, 0.25) is 5.78 Å². The van der Waals surface area contributed by atoms with Gasteiger partial charge in [0, 0.05) is 5.92 Å². The Morgan fingerprint density at radius 2 is 2.30 bits per heavy atom. The third-order valence-electron chi connectivity index (χ3n) is 4.56. The van der Waals surface area contributed by atoms with Crippen LogP contribution in [-0.4, -0.2) is 11.5 Å². The summed E-state index contributed by atoms with van der Waals surface area (Å²) in [6.45, 7) is 6.53. The maximum Gasteiger partial charge on any atom is 0.235 e. The molecule has 0 saturated heterocycles. The number of carbonyl (C=O) groups excluding carboxylic acids is 1. The molecular formula is C20H29NOS. The number of nitrogens with zero attached hydrogens (tertiary/aromatic N) is 1. The summed E-state index contributed by atoms with van der Waals surface area (Å²) in [5, 5.41) is 8.89. The maximum absolute atomic E-state index is 11.8. The van der Waals surface area contributed by atoms with Gasteiger partial charge in [-0.2, -0.15) is 17.9 Å². The van der Waals surface area contributed by atoms with Crippen LogP contribution in [0.2, 0.25) is 0 Å². The fourth-order valence-electron chi connectivity index (χ4n) is 3.07. The molecule has 0 bridgehead atoms. The predicted octanol–water partition coefficient (Wildman–Crippen LogP) is 5.43. The third-order valence-corrected chi connectivity index (χ3v) is 4.82. The van der Waals surface area contributed by atoms with Crippen LogP contribution in [0.4, 0.5) is 0 Å². The Kier molecular flexibility index (Phi) is 8.41. The number of ketones is 1. The lowest BCUT2D eigenvalue weighted by Gasteiger charge is -2.31. The van der Waals surface area contributed by atoms with Gasteiger partial charge in [-0.15, -0.1) is 0 Å². The van der Waals surface area contributed by atoms with Gasteiger partial charge in [0.05, 0.1) is 0 Å². The first-order chi connectivity index (χ1) is 10.9. The molecule has 0 fully saturated rings. The van der Waals surface area contributed by atoms with Crippen molar-refractivity contribution >= 4 is 18.4 Å². The van der Waals surface area contributed by atoms with Gasteiger partial charge >= 0.3 is 0 Å². The Morgan fingerprint density at radius 1 is 1.57 bits per heavy atom. The van der Waals surface area contributed by atoms with E-state index in [1.165, 1.54) is 11.1 Å². The van der Waals surface area contributed by atoms with E-state index in [2.05, 4.69) is 57.7 Å². The van der Waals surface area contributed by atoms with Crippen LogP contribution in [0, 0.1) is 22.7 Å². The van der Waals surface area contributed by atoms with Crippen LogP contribution >= 0.6 is 12.6 Å². The Hall–Kier alpha value is -1.27. The topological polar surface area (TPSA) is 40.9 Å². The molecule has 2 unspecified atom stereocenters. The smallest absolute Gasteiger partial charge is 0.235 e. The molecule has 0 aromatic carbocycles. The molecule has 0 radical (unpaired) electrons. The monoisotopic (exact) mass is 331 g/mol. The van der Waals surface area contributed by atoms with Crippen molar-refractivity contribution < 1.29 is 4.79 Å². The zero-order valence-electron chi connectivity index (χ0n) is 14.6. The molecule has 1 aliphatic carbocycles. The largest absolute Gasteiger partial charge is 0.282 e. The molecule has 0 N–H and O–H groups in total. The van der Waals surface area contributed by atoms with E-state index in [9.17, 15) is 4.79 Å². The number of nitriles is 1. The molecule has 0 aromatic rings. The lowest BCUT2D eigenvalue weighted by molar-refractivity contribution is -0.118. The van der Waals surface area contributed by atoms with Gasteiger partial charge in [0.1, 0.15) is 6.07 Å². The zero-order chi connectivity index (χ0) is 17.3. The summed E-state index contributed by atoms with van der Waals surface area (Å²) in [6.07, 6.45) is 14.7. The average molecular weight is 332 g/mol. The quantitative estimate of drug-likeness (QED) is 0.347. The van der Waals surface area contributed by atoms with Crippen molar-refractivity contribution in [3.63, 3.8) is 0 Å². The van der Waals surface area contributed by atoms with E-state index in [1.807, 2.05) is 0 Å². The molecular weight excluding hydrogens is 302 g/mol. The lowest BCUT2D eigenvalue weighted by Crippen LogP contribution is -2.24. The summed E-state index contributed by atoms with van der Waals surface area (Å²) < 4.78 is 0. The van der Waals surface area contributed by atoms with E-state index in [-0.39, 0.29) is 17.1 Å². The van der Waals surface area contributed by atoms with Crippen molar-refractivity contribution in [1.82, 2.24) is 0 Å². The fraction of sp³-hybridized carbons (Fsp3) is 0.600. The summed E-state index contributed by atoms with van der Waals surface area (Å²) >= 11 is 4.22. The second kappa shape index (κ2) is 9.78. The number of thiol groups is 1. The average Bonchev–Trinajstić information content (AvgIpc) is 2.53. The van der Waals surface area contributed by atoms with Crippen LogP contribution in [0.3, 0.4) is 0 Å². The molecule has 1 rings (SSSR count). The van der Waals surface area contributed by atoms with Crippen LogP contribution in [0.1, 0.15) is 59.3 Å². The molecule has 0 aliphatic heterocycles. The van der Waals surface area contributed by atoms with Crippen molar-refractivity contribution in [1.29, 1.82) is 5.26 Å². The van der Waals surface area contributed by atoms with Crippen molar-refractivity contribution in [2.24, 2.45) is 11.3 Å². The standard InChI is InChI=1S/C20H29NOS/c1-4-5-16(2)6-7-17-8-11-20(3,12-9-17)14-18(10-13-23)19(22)15-21/h5,8-9,11,18,23H,4,6-7,10,12-14H2,1-3H3/b16-5-. The highest BCUT2D eigenvalue weighted by Gasteiger charge is 2.29. The zero-order valence-corrected chi connectivity index (χ0v) is 15.5. The van der Waals surface area contributed by atoms with Crippen LogP contribution in [-0.2, 0) is 4.79 Å². The molecule has 2 nitrogen and oxygen atoms in total. The Balaban J connectivity index is 2.61.